The van der Waals surface area contributed by atoms with Crippen LogP contribution < -0.4 is 5.32 Å². The van der Waals surface area contributed by atoms with Crippen molar-refractivity contribution >= 4 is 5.69 Å². The molecule has 0 saturated carbocycles. The summed E-state index contributed by atoms with van der Waals surface area (Å²) in [5.74, 6) is 0. The van der Waals surface area contributed by atoms with E-state index >= 15 is 0 Å². The van der Waals surface area contributed by atoms with Gasteiger partial charge in [0.25, 0.3) is 0 Å². The summed E-state index contributed by atoms with van der Waals surface area (Å²) in [7, 11) is 1.92. The SMILES string of the molecule is Cn1cc(NC2CCOC2)c(-c2ccccn2)n1. The Balaban J connectivity index is 1.89. The lowest BCUT2D eigenvalue weighted by Gasteiger charge is -2.11. The van der Waals surface area contributed by atoms with Gasteiger partial charge in [-0.25, -0.2) is 0 Å². The Morgan fingerprint density at radius 1 is 1.44 bits per heavy atom. The quantitative estimate of drug-likeness (QED) is 0.892. The van der Waals surface area contributed by atoms with Gasteiger partial charge in [0.1, 0.15) is 5.69 Å². The van der Waals surface area contributed by atoms with Crippen LogP contribution in [-0.2, 0) is 11.8 Å². The van der Waals surface area contributed by atoms with Crippen LogP contribution in [0.25, 0.3) is 11.4 Å². The van der Waals surface area contributed by atoms with Crippen molar-refractivity contribution in [1.82, 2.24) is 14.8 Å². The minimum atomic E-state index is 0.372. The minimum Gasteiger partial charge on any atom is -0.379 e. The third-order valence-corrected chi connectivity index (χ3v) is 3.03. The zero-order valence-electron chi connectivity index (χ0n) is 10.3. The van der Waals surface area contributed by atoms with Crippen molar-refractivity contribution in [2.45, 2.75) is 12.5 Å². The van der Waals surface area contributed by atoms with Gasteiger partial charge < -0.3 is 10.1 Å². The summed E-state index contributed by atoms with van der Waals surface area (Å²) in [4.78, 5) is 4.35. The molecule has 0 aliphatic carbocycles. The highest BCUT2D eigenvalue weighted by Crippen LogP contribution is 2.25. The number of nitrogens with zero attached hydrogens (tertiary/aromatic N) is 3. The molecule has 2 aromatic heterocycles. The first-order valence-corrected chi connectivity index (χ1v) is 6.12. The van der Waals surface area contributed by atoms with Crippen LogP contribution in [0.3, 0.4) is 0 Å². The number of pyridine rings is 1. The molecule has 1 fully saturated rings. The lowest BCUT2D eigenvalue weighted by Crippen LogP contribution is -2.18. The second kappa shape index (κ2) is 4.78. The third-order valence-electron chi connectivity index (χ3n) is 3.03. The molecule has 0 bridgehead atoms. The molecule has 94 valence electrons. The molecule has 3 heterocycles. The Kier molecular flexibility index (Phi) is 2.98. The minimum absolute atomic E-state index is 0.372. The predicted octanol–water partition coefficient (Wildman–Crippen LogP) is 1.68. The number of ether oxygens (including phenoxy) is 1. The summed E-state index contributed by atoms with van der Waals surface area (Å²) in [6, 6.07) is 6.22. The molecule has 0 radical (unpaired) electrons. The van der Waals surface area contributed by atoms with E-state index in [2.05, 4.69) is 15.4 Å². The van der Waals surface area contributed by atoms with E-state index < -0.39 is 0 Å². The van der Waals surface area contributed by atoms with Gasteiger partial charge in [-0.15, -0.1) is 0 Å². The van der Waals surface area contributed by atoms with Gasteiger partial charge >= 0.3 is 0 Å². The Labute approximate surface area is 106 Å². The zero-order chi connectivity index (χ0) is 12.4. The van der Waals surface area contributed by atoms with Gasteiger partial charge in [-0.1, -0.05) is 6.07 Å². The third kappa shape index (κ3) is 2.22. The largest absolute Gasteiger partial charge is 0.379 e. The van der Waals surface area contributed by atoms with Gasteiger partial charge in [0.2, 0.25) is 0 Å². The van der Waals surface area contributed by atoms with Crippen molar-refractivity contribution in [3.63, 3.8) is 0 Å². The van der Waals surface area contributed by atoms with E-state index in [1.807, 2.05) is 36.1 Å². The summed E-state index contributed by atoms with van der Waals surface area (Å²) in [5, 5.41) is 7.95. The highest BCUT2D eigenvalue weighted by Gasteiger charge is 2.19. The summed E-state index contributed by atoms with van der Waals surface area (Å²) < 4.78 is 7.18. The van der Waals surface area contributed by atoms with Gasteiger partial charge in [-0.2, -0.15) is 5.10 Å². The van der Waals surface area contributed by atoms with Gasteiger partial charge in [0, 0.05) is 26.0 Å². The van der Waals surface area contributed by atoms with E-state index in [4.69, 9.17) is 4.74 Å². The molecule has 0 amide bonds. The fourth-order valence-electron chi connectivity index (χ4n) is 2.15. The number of hydrogen-bond donors (Lipinski definition) is 1. The van der Waals surface area contributed by atoms with Crippen LogP contribution in [0.1, 0.15) is 6.42 Å². The molecule has 1 aliphatic rings. The standard InChI is InChI=1S/C13H16N4O/c1-17-8-12(15-10-5-7-18-9-10)13(16-17)11-4-2-3-6-14-11/h2-4,6,8,10,15H,5,7,9H2,1H3. The van der Waals surface area contributed by atoms with Crippen molar-refractivity contribution in [1.29, 1.82) is 0 Å². The first-order chi connectivity index (χ1) is 8.83. The van der Waals surface area contributed by atoms with Crippen molar-refractivity contribution in [3.8, 4) is 11.4 Å². The molecule has 1 atom stereocenters. The highest BCUT2D eigenvalue weighted by molar-refractivity contribution is 5.71. The van der Waals surface area contributed by atoms with E-state index in [1.165, 1.54) is 0 Å². The number of rotatable bonds is 3. The van der Waals surface area contributed by atoms with Crippen LogP contribution >= 0.6 is 0 Å². The Morgan fingerprint density at radius 2 is 2.39 bits per heavy atom. The number of anilines is 1. The van der Waals surface area contributed by atoms with Gasteiger partial charge in [0.15, 0.2) is 0 Å². The van der Waals surface area contributed by atoms with E-state index in [1.54, 1.807) is 6.20 Å². The van der Waals surface area contributed by atoms with E-state index in [0.29, 0.717) is 6.04 Å². The topological polar surface area (TPSA) is 52.0 Å². The molecular weight excluding hydrogens is 228 g/mol. The second-order valence-corrected chi connectivity index (χ2v) is 4.48. The molecule has 5 heteroatoms. The monoisotopic (exact) mass is 244 g/mol. The molecule has 1 aliphatic heterocycles. The van der Waals surface area contributed by atoms with Crippen LogP contribution in [0.4, 0.5) is 5.69 Å². The summed E-state index contributed by atoms with van der Waals surface area (Å²) in [6.07, 6.45) is 4.81. The van der Waals surface area contributed by atoms with Gasteiger partial charge in [0.05, 0.1) is 24.0 Å². The molecule has 1 unspecified atom stereocenters. The predicted molar refractivity (Wildman–Crippen MR) is 69.3 cm³/mol. The number of aryl methyl sites for hydroxylation is 1. The van der Waals surface area contributed by atoms with Crippen molar-refractivity contribution in [2.24, 2.45) is 7.05 Å². The maximum atomic E-state index is 5.38. The van der Waals surface area contributed by atoms with Crippen molar-refractivity contribution in [2.75, 3.05) is 18.5 Å². The Bertz CT molecular complexity index is 517. The molecule has 0 spiro atoms. The van der Waals surface area contributed by atoms with E-state index in [9.17, 15) is 0 Å². The summed E-state index contributed by atoms with van der Waals surface area (Å²) >= 11 is 0. The molecule has 3 rings (SSSR count). The van der Waals surface area contributed by atoms with Gasteiger partial charge in [-0.05, 0) is 18.6 Å². The Hall–Kier alpha value is -1.88. The normalized spacial score (nSPS) is 19.1. The van der Waals surface area contributed by atoms with Crippen molar-refractivity contribution < 1.29 is 4.74 Å². The average Bonchev–Trinajstić information content (AvgIpc) is 3.01. The van der Waals surface area contributed by atoms with E-state index in [0.717, 1.165) is 36.7 Å². The molecule has 0 aromatic carbocycles. The molecule has 5 nitrogen and oxygen atoms in total. The second-order valence-electron chi connectivity index (χ2n) is 4.48. The molecule has 18 heavy (non-hydrogen) atoms. The lowest BCUT2D eigenvalue weighted by atomic mass is 10.2. The summed E-state index contributed by atoms with van der Waals surface area (Å²) in [5.41, 5.74) is 2.80. The Morgan fingerprint density at radius 3 is 3.11 bits per heavy atom. The molecule has 2 aromatic rings. The molecular formula is C13H16N4O. The number of nitrogens with one attached hydrogen (secondary N) is 1. The molecule has 1 saturated heterocycles. The number of hydrogen-bond acceptors (Lipinski definition) is 4. The zero-order valence-corrected chi connectivity index (χ0v) is 10.3. The van der Waals surface area contributed by atoms with Crippen LogP contribution in [0, 0.1) is 0 Å². The van der Waals surface area contributed by atoms with Gasteiger partial charge in [-0.3, -0.25) is 9.67 Å². The highest BCUT2D eigenvalue weighted by atomic mass is 16.5. The fraction of sp³-hybridized carbons (Fsp3) is 0.385. The van der Waals surface area contributed by atoms with Crippen LogP contribution in [0.2, 0.25) is 0 Å². The van der Waals surface area contributed by atoms with Crippen LogP contribution in [-0.4, -0.2) is 34.0 Å². The van der Waals surface area contributed by atoms with E-state index in [-0.39, 0.29) is 0 Å². The number of aromatic nitrogens is 3. The lowest BCUT2D eigenvalue weighted by molar-refractivity contribution is 0.195. The summed E-state index contributed by atoms with van der Waals surface area (Å²) in [6.45, 7) is 1.59. The molecule has 1 N–H and O–H groups in total. The first-order valence-electron chi connectivity index (χ1n) is 6.12. The maximum absolute atomic E-state index is 5.38. The maximum Gasteiger partial charge on any atom is 0.134 e. The fourth-order valence-corrected chi connectivity index (χ4v) is 2.15. The first kappa shape index (κ1) is 11.2. The average molecular weight is 244 g/mol. The van der Waals surface area contributed by atoms with Crippen LogP contribution in [0.15, 0.2) is 30.6 Å². The smallest absolute Gasteiger partial charge is 0.134 e. The van der Waals surface area contributed by atoms with Crippen molar-refractivity contribution in [3.05, 3.63) is 30.6 Å². The van der Waals surface area contributed by atoms with Crippen LogP contribution in [0.5, 0.6) is 0 Å².